The molecule has 1 heterocycles. The first-order valence-corrected chi connectivity index (χ1v) is 6.82. The highest BCUT2D eigenvalue weighted by Crippen LogP contribution is 2.30. The first-order chi connectivity index (χ1) is 9.20. The van der Waals surface area contributed by atoms with Crippen LogP contribution in [0.15, 0.2) is 48.0 Å². The van der Waals surface area contributed by atoms with Crippen LogP contribution < -0.4 is 4.74 Å². The van der Waals surface area contributed by atoms with E-state index in [0.717, 1.165) is 33.3 Å². The average molecular weight is 291 g/mol. The van der Waals surface area contributed by atoms with Gasteiger partial charge in [0.1, 0.15) is 12.4 Å². The molecular weight excluding hydrogens is 279 g/mol. The topological polar surface area (TPSA) is 9.23 Å². The van der Waals surface area contributed by atoms with Gasteiger partial charge in [0, 0.05) is 16.5 Å². The summed E-state index contributed by atoms with van der Waals surface area (Å²) < 4.78 is 5.73. The van der Waals surface area contributed by atoms with Crippen LogP contribution >= 0.6 is 23.2 Å². The molecule has 96 valence electrons. The van der Waals surface area contributed by atoms with Gasteiger partial charge >= 0.3 is 0 Å². The molecule has 3 rings (SSSR count). The minimum absolute atomic E-state index is 0.622. The van der Waals surface area contributed by atoms with E-state index in [1.807, 2.05) is 42.5 Å². The van der Waals surface area contributed by atoms with Crippen LogP contribution in [0.4, 0.5) is 0 Å². The molecule has 0 fully saturated rings. The second-order valence-corrected chi connectivity index (χ2v) is 5.44. The fourth-order valence-electron chi connectivity index (χ4n) is 2.18. The predicted molar refractivity (Wildman–Crippen MR) is 80.1 cm³/mol. The molecule has 0 atom stereocenters. The van der Waals surface area contributed by atoms with Crippen LogP contribution in [0.3, 0.4) is 0 Å². The van der Waals surface area contributed by atoms with Gasteiger partial charge in [-0.25, -0.2) is 0 Å². The SMILES string of the molecule is Clc1ccc(/C=C2\COc3ccc(Cl)cc3C2)cc1. The largest absolute Gasteiger partial charge is 0.489 e. The molecule has 0 aromatic heterocycles. The van der Waals surface area contributed by atoms with Gasteiger partial charge in [-0.2, -0.15) is 0 Å². The molecule has 0 unspecified atom stereocenters. The number of hydrogen-bond acceptors (Lipinski definition) is 1. The molecule has 0 bridgehead atoms. The first kappa shape index (κ1) is 12.6. The van der Waals surface area contributed by atoms with Crippen molar-refractivity contribution < 1.29 is 4.74 Å². The molecule has 2 aromatic carbocycles. The van der Waals surface area contributed by atoms with E-state index in [1.54, 1.807) is 0 Å². The standard InChI is InChI=1S/C16H12Cl2O/c17-14-3-1-11(2-4-14)7-12-8-13-9-15(18)5-6-16(13)19-10-12/h1-7,9H,8,10H2/b12-7-. The van der Waals surface area contributed by atoms with Crippen LogP contribution in [0.5, 0.6) is 5.75 Å². The van der Waals surface area contributed by atoms with Gasteiger partial charge in [-0.05, 0) is 47.0 Å². The number of ether oxygens (including phenoxy) is 1. The Hall–Kier alpha value is -1.44. The molecule has 1 aliphatic heterocycles. The van der Waals surface area contributed by atoms with Crippen molar-refractivity contribution in [1.82, 2.24) is 0 Å². The van der Waals surface area contributed by atoms with Crippen molar-refractivity contribution in [3.63, 3.8) is 0 Å². The quantitative estimate of drug-likeness (QED) is 0.717. The maximum Gasteiger partial charge on any atom is 0.123 e. The van der Waals surface area contributed by atoms with Crippen LogP contribution in [-0.4, -0.2) is 6.61 Å². The van der Waals surface area contributed by atoms with Gasteiger partial charge in [0.25, 0.3) is 0 Å². The number of fused-ring (bicyclic) bond motifs is 1. The van der Waals surface area contributed by atoms with Crippen molar-refractivity contribution in [3.8, 4) is 5.75 Å². The van der Waals surface area contributed by atoms with E-state index in [4.69, 9.17) is 27.9 Å². The summed E-state index contributed by atoms with van der Waals surface area (Å²) in [5, 5.41) is 1.49. The van der Waals surface area contributed by atoms with Crippen molar-refractivity contribution in [3.05, 3.63) is 69.2 Å². The highest BCUT2D eigenvalue weighted by atomic mass is 35.5. The lowest BCUT2D eigenvalue weighted by Crippen LogP contribution is -2.11. The molecule has 0 N–H and O–H groups in total. The number of hydrogen-bond donors (Lipinski definition) is 0. The van der Waals surface area contributed by atoms with E-state index in [1.165, 1.54) is 5.57 Å². The molecule has 0 saturated carbocycles. The zero-order valence-electron chi connectivity index (χ0n) is 10.2. The second kappa shape index (κ2) is 5.28. The highest BCUT2D eigenvalue weighted by molar-refractivity contribution is 6.30. The van der Waals surface area contributed by atoms with Crippen LogP contribution in [0, 0.1) is 0 Å². The maximum atomic E-state index is 6.01. The van der Waals surface area contributed by atoms with Crippen LogP contribution in [0.2, 0.25) is 10.0 Å². The highest BCUT2D eigenvalue weighted by Gasteiger charge is 2.14. The van der Waals surface area contributed by atoms with Crippen molar-refractivity contribution in [2.45, 2.75) is 6.42 Å². The van der Waals surface area contributed by atoms with Crippen LogP contribution in [0.25, 0.3) is 6.08 Å². The molecule has 0 saturated heterocycles. The summed E-state index contributed by atoms with van der Waals surface area (Å²) >= 11 is 11.9. The smallest absolute Gasteiger partial charge is 0.123 e. The predicted octanol–water partition coefficient (Wildman–Crippen LogP) is 5.01. The minimum Gasteiger partial charge on any atom is -0.489 e. The molecule has 3 heteroatoms. The summed E-state index contributed by atoms with van der Waals surface area (Å²) in [4.78, 5) is 0. The summed E-state index contributed by atoms with van der Waals surface area (Å²) in [7, 11) is 0. The van der Waals surface area contributed by atoms with Crippen LogP contribution in [0.1, 0.15) is 11.1 Å². The van der Waals surface area contributed by atoms with Gasteiger partial charge in [0.15, 0.2) is 0 Å². The summed E-state index contributed by atoms with van der Waals surface area (Å²) in [5.74, 6) is 0.928. The van der Waals surface area contributed by atoms with Gasteiger partial charge in [0.2, 0.25) is 0 Å². The van der Waals surface area contributed by atoms with E-state index in [-0.39, 0.29) is 0 Å². The summed E-state index contributed by atoms with van der Waals surface area (Å²) in [5.41, 5.74) is 3.50. The van der Waals surface area contributed by atoms with Gasteiger partial charge in [-0.15, -0.1) is 0 Å². The fraction of sp³-hybridized carbons (Fsp3) is 0.125. The normalized spacial score (nSPS) is 16.0. The molecule has 0 amide bonds. The second-order valence-electron chi connectivity index (χ2n) is 4.57. The zero-order valence-corrected chi connectivity index (χ0v) is 11.7. The third kappa shape index (κ3) is 2.94. The Bertz CT molecular complexity index is 630. The number of rotatable bonds is 1. The lowest BCUT2D eigenvalue weighted by molar-refractivity contribution is 0.333. The Morgan fingerprint density at radius 1 is 0.947 bits per heavy atom. The van der Waals surface area contributed by atoms with E-state index in [0.29, 0.717) is 6.61 Å². The van der Waals surface area contributed by atoms with Gasteiger partial charge in [-0.3, -0.25) is 0 Å². The Morgan fingerprint density at radius 2 is 1.68 bits per heavy atom. The summed E-state index contributed by atoms with van der Waals surface area (Å²) in [6, 6.07) is 13.5. The average Bonchev–Trinajstić information content (AvgIpc) is 2.41. The molecule has 0 radical (unpaired) electrons. The molecule has 0 spiro atoms. The number of benzene rings is 2. The monoisotopic (exact) mass is 290 g/mol. The van der Waals surface area contributed by atoms with Crippen molar-refractivity contribution in [2.75, 3.05) is 6.61 Å². The molecule has 2 aromatic rings. The van der Waals surface area contributed by atoms with Gasteiger partial charge < -0.3 is 4.74 Å². The Labute approximate surface area is 122 Å². The zero-order chi connectivity index (χ0) is 13.2. The lowest BCUT2D eigenvalue weighted by Gasteiger charge is -2.20. The molecule has 1 nitrogen and oxygen atoms in total. The van der Waals surface area contributed by atoms with E-state index >= 15 is 0 Å². The van der Waals surface area contributed by atoms with Crippen molar-refractivity contribution in [1.29, 1.82) is 0 Å². The summed E-state index contributed by atoms with van der Waals surface area (Å²) in [6.45, 7) is 0.622. The lowest BCUT2D eigenvalue weighted by atomic mass is 10.00. The third-order valence-electron chi connectivity index (χ3n) is 3.09. The van der Waals surface area contributed by atoms with Crippen molar-refractivity contribution >= 4 is 29.3 Å². The fourth-order valence-corrected chi connectivity index (χ4v) is 2.50. The van der Waals surface area contributed by atoms with E-state index < -0.39 is 0 Å². The van der Waals surface area contributed by atoms with E-state index in [9.17, 15) is 0 Å². The van der Waals surface area contributed by atoms with Gasteiger partial charge in [0.05, 0.1) is 0 Å². The molecular formula is C16H12Cl2O. The first-order valence-electron chi connectivity index (χ1n) is 6.07. The Morgan fingerprint density at radius 3 is 2.47 bits per heavy atom. The molecule has 1 aliphatic rings. The Balaban J connectivity index is 1.86. The van der Waals surface area contributed by atoms with Gasteiger partial charge in [-0.1, -0.05) is 41.4 Å². The van der Waals surface area contributed by atoms with Crippen LogP contribution in [-0.2, 0) is 6.42 Å². The van der Waals surface area contributed by atoms with E-state index in [2.05, 4.69) is 6.08 Å². The Kier molecular flexibility index (Phi) is 3.50. The number of halogens is 2. The van der Waals surface area contributed by atoms with Crippen molar-refractivity contribution in [2.24, 2.45) is 0 Å². The minimum atomic E-state index is 0.622. The molecule has 19 heavy (non-hydrogen) atoms. The maximum absolute atomic E-state index is 6.01. The molecule has 0 aliphatic carbocycles. The summed E-state index contributed by atoms with van der Waals surface area (Å²) in [6.07, 6.45) is 3.01. The third-order valence-corrected chi connectivity index (χ3v) is 3.58.